The van der Waals surface area contributed by atoms with Gasteiger partial charge in [0.1, 0.15) is 24.0 Å². The summed E-state index contributed by atoms with van der Waals surface area (Å²) in [5.74, 6) is 1.74. The van der Waals surface area contributed by atoms with Crippen LogP contribution in [0, 0.1) is 0 Å². The van der Waals surface area contributed by atoms with Crippen LogP contribution in [0.15, 0.2) is 150 Å². The Kier molecular flexibility index (Phi) is 7.73. The number of nitrogens with one attached hydrogen (secondary N) is 3. The number of fused-ring (bicyclic) bond motifs is 3. The SMILES string of the molecule is C1=C(c2cccc(C3N=C(c4ccccc4)NC(c4ccccc4)N3)c2)NC(c2ccccc2)=NC1c1ccc2c3c(sc2c1)=CCCC=3. The molecule has 5 nitrogen and oxygen atoms in total. The normalized spacial score (nSPS) is 20.0. The maximum absolute atomic E-state index is 5.26. The van der Waals surface area contributed by atoms with Crippen molar-refractivity contribution in [2.24, 2.45) is 9.98 Å². The van der Waals surface area contributed by atoms with Gasteiger partial charge in [-0.3, -0.25) is 10.3 Å². The lowest BCUT2D eigenvalue weighted by atomic mass is 9.98. The van der Waals surface area contributed by atoms with Crippen LogP contribution in [0.4, 0.5) is 0 Å². The first kappa shape index (κ1) is 29.6. The van der Waals surface area contributed by atoms with Gasteiger partial charge < -0.3 is 10.6 Å². The van der Waals surface area contributed by atoms with E-state index >= 15 is 0 Å². The lowest BCUT2D eigenvalue weighted by Crippen LogP contribution is -2.44. The molecule has 2 aliphatic heterocycles. The lowest BCUT2D eigenvalue weighted by molar-refractivity contribution is 0.409. The summed E-state index contributed by atoms with van der Waals surface area (Å²) in [4.78, 5) is 10.5. The highest BCUT2D eigenvalue weighted by molar-refractivity contribution is 7.17. The Morgan fingerprint density at radius 1 is 0.592 bits per heavy atom. The Balaban J connectivity index is 1.10. The molecule has 5 aromatic carbocycles. The highest BCUT2D eigenvalue weighted by Crippen LogP contribution is 2.32. The van der Waals surface area contributed by atoms with Gasteiger partial charge in [0, 0.05) is 26.1 Å². The van der Waals surface area contributed by atoms with Crippen LogP contribution >= 0.6 is 11.3 Å². The van der Waals surface area contributed by atoms with Crippen LogP contribution in [0.1, 0.15) is 64.6 Å². The van der Waals surface area contributed by atoms with Crippen LogP contribution in [0.25, 0.3) is 27.9 Å². The Bertz CT molecular complexity index is 2380. The van der Waals surface area contributed by atoms with Gasteiger partial charge in [0.05, 0.1) is 6.04 Å². The molecule has 9 rings (SSSR count). The second-order valence-corrected chi connectivity index (χ2v) is 13.7. The zero-order valence-electron chi connectivity index (χ0n) is 26.9. The molecule has 0 radical (unpaired) electrons. The summed E-state index contributed by atoms with van der Waals surface area (Å²) in [7, 11) is 0. The topological polar surface area (TPSA) is 60.8 Å². The number of amidine groups is 2. The van der Waals surface area contributed by atoms with E-state index in [0.29, 0.717) is 0 Å². The zero-order valence-corrected chi connectivity index (χ0v) is 27.7. The van der Waals surface area contributed by atoms with Gasteiger partial charge in [0.25, 0.3) is 0 Å². The van der Waals surface area contributed by atoms with E-state index < -0.39 is 0 Å². The highest BCUT2D eigenvalue weighted by Gasteiger charge is 2.26. The van der Waals surface area contributed by atoms with Crippen LogP contribution in [0.3, 0.4) is 0 Å². The molecule has 3 N–H and O–H groups in total. The fourth-order valence-electron chi connectivity index (χ4n) is 6.92. The van der Waals surface area contributed by atoms with Crippen LogP contribution in [0.5, 0.6) is 0 Å². The molecule has 0 saturated carbocycles. The average Bonchev–Trinajstić information content (AvgIpc) is 3.57. The van der Waals surface area contributed by atoms with Gasteiger partial charge in [-0.1, -0.05) is 133 Å². The average molecular weight is 654 g/mol. The van der Waals surface area contributed by atoms with Crippen LogP contribution in [-0.4, -0.2) is 11.7 Å². The molecular weight excluding hydrogens is 619 g/mol. The van der Waals surface area contributed by atoms with E-state index in [1.807, 2.05) is 29.5 Å². The fourth-order valence-corrected chi connectivity index (χ4v) is 8.15. The van der Waals surface area contributed by atoms with E-state index in [4.69, 9.17) is 9.98 Å². The minimum absolute atomic E-state index is 0.0937. The number of nitrogens with zero attached hydrogens (tertiary/aromatic N) is 2. The van der Waals surface area contributed by atoms with E-state index in [9.17, 15) is 0 Å². The number of rotatable bonds is 6. The van der Waals surface area contributed by atoms with Crippen molar-refractivity contribution < 1.29 is 0 Å². The van der Waals surface area contributed by atoms with E-state index in [1.54, 1.807) is 0 Å². The molecular formula is C43H35N5S. The number of aliphatic imine (C=N–C) groups is 2. The molecule has 0 fully saturated rings. The van der Waals surface area contributed by atoms with Crippen LogP contribution < -0.4 is 25.7 Å². The molecule has 6 heteroatoms. The molecule has 0 saturated heterocycles. The third kappa shape index (κ3) is 5.90. The second-order valence-electron chi connectivity index (χ2n) is 12.6. The Morgan fingerprint density at radius 3 is 2.08 bits per heavy atom. The summed E-state index contributed by atoms with van der Waals surface area (Å²) < 4.78 is 2.71. The maximum Gasteiger partial charge on any atom is 0.133 e. The third-order valence-electron chi connectivity index (χ3n) is 9.42. The number of benzene rings is 5. The summed E-state index contributed by atoms with van der Waals surface area (Å²) in [5.41, 5.74) is 7.70. The predicted molar refractivity (Wildman–Crippen MR) is 204 cm³/mol. The minimum Gasteiger partial charge on any atom is -0.350 e. The number of hydrogen-bond donors (Lipinski definition) is 3. The molecule has 238 valence electrons. The van der Waals surface area contributed by atoms with Gasteiger partial charge >= 0.3 is 0 Å². The van der Waals surface area contributed by atoms with E-state index in [1.165, 1.54) is 25.4 Å². The van der Waals surface area contributed by atoms with E-state index in [2.05, 4.69) is 149 Å². The van der Waals surface area contributed by atoms with Crippen molar-refractivity contribution in [1.82, 2.24) is 16.0 Å². The van der Waals surface area contributed by atoms with Gasteiger partial charge in [0.15, 0.2) is 0 Å². The van der Waals surface area contributed by atoms with Crippen molar-refractivity contribution in [1.29, 1.82) is 0 Å². The van der Waals surface area contributed by atoms with Crippen LogP contribution in [-0.2, 0) is 0 Å². The summed E-state index contributed by atoms with van der Waals surface area (Å²) in [6, 6.07) is 46.7. The van der Waals surface area contributed by atoms with Gasteiger partial charge in [-0.05, 0) is 63.9 Å². The van der Waals surface area contributed by atoms with Crippen molar-refractivity contribution in [2.75, 3.05) is 0 Å². The molecule has 1 aliphatic carbocycles. The van der Waals surface area contributed by atoms with Gasteiger partial charge in [0.2, 0.25) is 0 Å². The van der Waals surface area contributed by atoms with Gasteiger partial charge in [-0.2, -0.15) is 0 Å². The third-order valence-corrected chi connectivity index (χ3v) is 10.6. The quantitative estimate of drug-likeness (QED) is 0.173. The molecule has 0 spiro atoms. The zero-order chi connectivity index (χ0) is 32.6. The minimum atomic E-state index is -0.246. The summed E-state index contributed by atoms with van der Waals surface area (Å²) in [6.07, 6.45) is 8.93. The molecule has 3 heterocycles. The van der Waals surface area contributed by atoms with Crippen LogP contribution in [0.2, 0.25) is 0 Å². The maximum atomic E-state index is 5.26. The monoisotopic (exact) mass is 653 g/mol. The largest absolute Gasteiger partial charge is 0.350 e. The van der Waals surface area contributed by atoms with Gasteiger partial charge in [-0.15, -0.1) is 11.3 Å². The van der Waals surface area contributed by atoms with Gasteiger partial charge in [-0.25, -0.2) is 4.99 Å². The smallest absolute Gasteiger partial charge is 0.133 e. The Labute approximate surface area is 289 Å². The molecule has 3 atom stereocenters. The van der Waals surface area contributed by atoms with Crippen molar-refractivity contribution >= 4 is 50.9 Å². The summed E-state index contributed by atoms with van der Waals surface area (Å²) >= 11 is 1.89. The first-order valence-corrected chi connectivity index (χ1v) is 17.7. The van der Waals surface area contributed by atoms with E-state index in [0.717, 1.165) is 58.0 Å². The molecule has 6 aromatic rings. The molecule has 3 aliphatic rings. The van der Waals surface area contributed by atoms with Crippen molar-refractivity contribution in [3.8, 4) is 0 Å². The molecule has 1 aromatic heterocycles. The Morgan fingerprint density at radius 2 is 1.29 bits per heavy atom. The fraction of sp³-hybridized carbons (Fsp3) is 0.116. The Hall–Kier alpha value is -5.56. The molecule has 0 bridgehead atoms. The van der Waals surface area contributed by atoms with Crippen molar-refractivity contribution in [3.63, 3.8) is 0 Å². The molecule has 0 amide bonds. The van der Waals surface area contributed by atoms with Crippen molar-refractivity contribution in [3.05, 3.63) is 183 Å². The molecule has 49 heavy (non-hydrogen) atoms. The summed E-state index contributed by atoms with van der Waals surface area (Å²) in [6.45, 7) is 0. The van der Waals surface area contributed by atoms with E-state index in [-0.39, 0.29) is 18.4 Å². The first-order valence-electron chi connectivity index (χ1n) is 16.9. The number of hydrogen-bond acceptors (Lipinski definition) is 6. The second kappa shape index (κ2) is 12.8. The van der Waals surface area contributed by atoms with Crippen molar-refractivity contribution in [2.45, 2.75) is 31.2 Å². The molecule has 3 unspecified atom stereocenters. The highest BCUT2D eigenvalue weighted by atomic mass is 32.1. The standard InChI is InChI=1S/C43H35N5S/c1-4-13-28(14-5-1)40-44-36(27-37(45-40)32-23-24-35-34-21-10-11-22-38(34)49-39(35)26-32)31-19-12-20-33(25-31)43-47-41(29-15-6-2-7-16-29)46-42(48-43)30-17-8-3-9-18-30/h1-9,12-27,37,41,43,47H,10-11H2,(H,44,45)(H,46,48). The predicted octanol–water partition coefficient (Wildman–Crippen LogP) is 7.73. The number of thiophene rings is 1. The lowest BCUT2D eigenvalue weighted by Gasteiger charge is -2.32. The summed E-state index contributed by atoms with van der Waals surface area (Å²) in [5, 5.41) is 13.8. The first-order chi connectivity index (χ1) is 24.2.